The number of thiophene rings is 1. The van der Waals surface area contributed by atoms with Gasteiger partial charge >= 0.3 is 0 Å². The molecule has 134 valence electrons. The molecule has 2 saturated heterocycles. The maximum atomic E-state index is 12.7. The second-order valence-corrected chi connectivity index (χ2v) is 7.69. The molecule has 6 nitrogen and oxygen atoms in total. The number of amides is 1. The van der Waals surface area contributed by atoms with Crippen LogP contribution in [-0.2, 0) is 16.1 Å². The van der Waals surface area contributed by atoms with Crippen molar-refractivity contribution in [2.45, 2.75) is 6.61 Å². The first-order valence-electron chi connectivity index (χ1n) is 8.49. The molecule has 2 aliphatic heterocycles. The van der Waals surface area contributed by atoms with Crippen LogP contribution in [0.5, 0.6) is 0 Å². The summed E-state index contributed by atoms with van der Waals surface area (Å²) in [4.78, 5) is 18.8. The van der Waals surface area contributed by atoms with E-state index >= 15 is 0 Å². The van der Waals surface area contributed by atoms with Gasteiger partial charge in [-0.05, 0) is 18.1 Å². The Morgan fingerprint density at radius 3 is 2.79 bits per heavy atom. The maximum Gasteiger partial charge on any atom is 0.263 e. The molecule has 0 saturated carbocycles. The summed E-state index contributed by atoms with van der Waals surface area (Å²) in [6.07, 6.45) is 0. The summed E-state index contributed by atoms with van der Waals surface area (Å²) >= 11 is 1.49. The average Bonchev–Trinajstić information content (AvgIpc) is 3.22. The van der Waals surface area contributed by atoms with Gasteiger partial charge in [-0.2, -0.15) is 0 Å². The SMILES string of the molecule is COCc1ccc(C(=O)N2C[C@@H](CN3CCOCC3)[C@@H](CO)C2)s1. The van der Waals surface area contributed by atoms with Crippen molar-refractivity contribution < 1.29 is 19.4 Å². The number of ether oxygens (including phenoxy) is 2. The first-order chi connectivity index (χ1) is 11.7. The largest absolute Gasteiger partial charge is 0.396 e. The Labute approximate surface area is 147 Å². The van der Waals surface area contributed by atoms with Crippen molar-refractivity contribution >= 4 is 17.2 Å². The Morgan fingerprint density at radius 1 is 1.33 bits per heavy atom. The highest BCUT2D eigenvalue weighted by Gasteiger charge is 2.36. The van der Waals surface area contributed by atoms with Crippen molar-refractivity contribution in [3.05, 3.63) is 21.9 Å². The highest BCUT2D eigenvalue weighted by Crippen LogP contribution is 2.28. The van der Waals surface area contributed by atoms with Gasteiger partial charge in [-0.1, -0.05) is 0 Å². The number of carbonyl (C=O) groups is 1. The van der Waals surface area contributed by atoms with Crippen LogP contribution in [0.2, 0.25) is 0 Å². The molecule has 0 bridgehead atoms. The van der Waals surface area contributed by atoms with Gasteiger partial charge in [0.05, 0.1) is 24.7 Å². The Hall–Kier alpha value is -0.990. The van der Waals surface area contributed by atoms with Gasteiger partial charge in [0.25, 0.3) is 5.91 Å². The number of hydrogen-bond acceptors (Lipinski definition) is 6. The molecule has 2 fully saturated rings. The Morgan fingerprint density at radius 2 is 2.08 bits per heavy atom. The maximum absolute atomic E-state index is 12.7. The lowest BCUT2D eigenvalue weighted by molar-refractivity contribution is 0.0264. The van der Waals surface area contributed by atoms with Crippen LogP contribution >= 0.6 is 11.3 Å². The van der Waals surface area contributed by atoms with E-state index in [1.165, 1.54) is 11.3 Å². The van der Waals surface area contributed by atoms with Gasteiger partial charge in [-0.25, -0.2) is 0 Å². The number of likely N-dealkylation sites (tertiary alicyclic amines) is 1. The predicted molar refractivity (Wildman–Crippen MR) is 92.3 cm³/mol. The van der Waals surface area contributed by atoms with Crippen molar-refractivity contribution in [3.63, 3.8) is 0 Å². The molecule has 1 aromatic rings. The molecule has 1 amide bonds. The van der Waals surface area contributed by atoms with Crippen molar-refractivity contribution in [1.82, 2.24) is 9.80 Å². The normalized spacial score (nSPS) is 25.3. The van der Waals surface area contributed by atoms with Crippen LogP contribution in [0, 0.1) is 11.8 Å². The van der Waals surface area contributed by atoms with Crippen LogP contribution in [-0.4, -0.2) is 80.5 Å². The van der Waals surface area contributed by atoms with E-state index in [-0.39, 0.29) is 18.4 Å². The van der Waals surface area contributed by atoms with Gasteiger partial charge in [0.1, 0.15) is 0 Å². The van der Waals surface area contributed by atoms with E-state index in [1.807, 2.05) is 17.0 Å². The molecule has 7 heteroatoms. The molecule has 3 heterocycles. The van der Waals surface area contributed by atoms with Crippen molar-refractivity contribution in [2.24, 2.45) is 11.8 Å². The predicted octanol–water partition coefficient (Wildman–Crippen LogP) is 0.907. The van der Waals surface area contributed by atoms with E-state index in [9.17, 15) is 9.90 Å². The fraction of sp³-hybridized carbons (Fsp3) is 0.706. The summed E-state index contributed by atoms with van der Waals surface area (Å²) in [7, 11) is 1.66. The van der Waals surface area contributed by atoms with Gasteiger partial charge in [0, 0.05) is 57.2 Å². The summed E-state index contributed by atoms with van der Waals surface area (Å²) < 4.78 is 10.5. The molecule has 2 atom stereocenters. The van der Waals surface area contributed by atoms with Crippen LogP contribution in [0.15, 0.2) is 12.1 Å². The zero-order chi connectivity index (χ0) is 16.9. The van der Waals surface area contributed by atoms with Crippen molar-refractivity contribution in [2.75, 3.05) is 59.7 Å². The van der Waals surface area contributed by atoms with E-state index in [2.05, 4.69) is 4.90 Å². The number of aliphatic hydroxyl groups excluding tert-OH is 1. The van der Waals surface area contributed by atoms with Crippen LogP contribution in [0.1, 0.15) is 14.5 Å². The first-order valence-corrected chi connectivity index (χ1v) is 9.30. The molecule has 1 N–H and O–H groups in total. The van der Waals surface area contributed by atoms with Crippen molar-refractivity contribution in [1.29, 1.82) is 0 Å². The van der Waals surface area contributed by atoms with E-state index < -0.39 is 0 Å². The van der Waals surface area contributed by atoms with Crippen molar-refractivity contribution in [3.8, 4) is 0 Å². The molecule has 2 aliphatic rings. The van der Waals surface area contributed by atoms with E-state index in [4.69, 9.17) is 9.47 Å². The number of nitrogens with zero attached hydrogens (tertiary/aromatic N) is 2. The highest BCUT2D eigenvalue weighted by atomic mass is 32.1. The van der Waals surface area contributed by atoms with Gasteiger partial charge in [-0.3, -0.25) is 9.69 Å². The number of carbonyl (C=O) groups excluding carboxylic acids is 1. The summed E-state index contributed by atoms with van der Waals surface area (Å²) in [5.74, 6) is 0.566. The standard InChI is InChI=1S/C17H26N2O4S/c1-22-12-15-2-3-16(24-15)17(21)19-9-13(14(10-19)11-20)8-18-4-6-23-7-5-18/h2-3,13-14,20H,4-12H2,1H3/t13-,14-/m1/s1. The molecule has 1 aromatic heterocycles. The van der Waals surface area contributed by atoms with Gasteiger partial charge in [0.15, 0.2) is 0 Å². The third kappa shape index (κ3) is 4.15. The molecule has 0 aromatic carbocycles. The van der Waals surface area contributed by atoms with Gasteiger partial charge < -0.3 is 19.5 Å². The molecular formula is C17H26N2O4S. The lowest BCUT2D eigenvalue weighted by Crippen LogP contribution is -2.41. The number of hydrogen-bond donors (Lipinski definition) is 1. The number of morpholine rings is 1. The minimum atomic E-state index is 0.0743. The number of aliphatic hydroxyl groups is 1. The number of rotatable bonds is 6. The minimum Gasteiger partial charge on any atom is -0.396 e. The quantitative estimate of drug-likeness (QED) is 0.823. The topological polar surface area (TPSA) is 62.2 Å². The summed E-state index contributed by atoms with van der Waals surface area (Å²) in [6.45, 7) is 6.39. The smallest absolute Gasteiger partial charge is 0.263 e. The van der Waals surface area contributed by atoms with Crippen LogP contribution in [0.4, 0.5) is 0 Å². The van der Waals surface area contributed by atoms with Gasteiger partial charge in [0.2, 0.25) is 0 Å². The van der Waals surface area contributed by atoms with Crippen LogP contribution in [0.3, 0.4) is 0 Å². The lowest BCUT2D eigenvalue weighted by Gasteiger charge is -2.30. The second-order valence-electron chi connectivity index (χ2n) is 6.52. The molecular weight excluding hydrogens is 328 g/mol. The third-order valence-electron chi connectivity index (χ3n) is 4.85. The fourth-order valence-corrected chi connectivity index (χ4v) is 4.45. The summed E-state index contributed by atoms with van der Waals surface area (Å²) in [5, 5.41) is 9.72. The molecule has 3 rings (SSSR count). The Bertz CT molecular complexity index is 544. The molecule has 0 unspecified atom stereocenters. The Balaban J connectivity index is 1.60. The molecule has 0 spiro atoms. The lowest BCUT2D eigenvalue weighted by atomic mass is 9.96. The van der Waals surface area contributed by atoms with Crippen LogP contribution < -0.4 is 0 Å². The first kappa shape index (κ1) is 17.8. The second kappa shape index (κ2) is 8.40. The van der Waals surface area contributed by atoms with Crippen LogP contribution in [0.25, 0.3) is 0 Å². The zero-order valence-corrected chi connectivity index (χ0v) is 15.0. The third-order valence-corrected chi connectivity index (χ3v) is 5.90. The summed E-state index contributed by atoms with van der Waals surface area (Å²) in [5.41, 5.74) is 0. The average molecular weight is 354 g/mol. The fourth-order valence-electron chi connectivity index (χ4n) is 3.50. The summed E-state index contributed by atoms with van der Waals surface area (Å²) in [6, 6.07) is 3.83. The number of methoxy groups -OCH3 is 1. The minimum absolute atomic E-state index is 0.0743. The molecule has 0 radical (unpaired) electrons. The zero-order valence-electron chi connectivity index (χ0n) is 14.1. The molecule has 24 heavy (non-hydrogen) atoms. The van der Waals surface area contributed by atoms with E-state index in [1.54, 1.807) is 7.11 Å². The van der Waals surface area contributed by atoms with Gasteiger partial charge in [-0.15, -0.1) is 11.3 Å². The monoisotopic (exact) mass is 354 g/mol. The highest BCUT2D eigenvalue weighted by molar-refractivity contribution is 7.14. The molecule has 0 aliphatic carbocycles. The van der Waals surface area contributed by atoms with E-state index in [0.717, 1.165) is 49.1 Å². The Kier molecular flexibility index (Phi) is 6.24. The van der Waals surface area contributed by atoms with E-state index in [0.29, 0.717) is 19.1 Å².